The summed E-state index contributed by atoms with van der Waals surface area (Å²) in [7, 11) is -3.85. The minimum atomic E-state index is -4.60. The summed E-state index contributed by atoms with van der Waals surface area (Å²) in [6.07, 6.45) is -3.49. The molecule has 0 amide bonds. The average molecular weight is 442 g/mol. The fourth-order valence-electron chi connectivity index (χ4n) is 3.68. The third-order valence-electron chi connectivity index (χ3n) is 5.12. The first-order chi connectivity index (χ1) is 14.1. The number of benzene rings is 1. The van der Waals surface area contributed by atoms with Crippen molar-refractivity contribution in [3.63, 3.8) is 0 Å². The van der Waals surface area contributed by atoms with E-state index in [1.165, 1.54) is 29.4 Å². The number of aromatic nitrogens is 3. The molecule has 1 saturated heterocycles. The summed E-state index contributed by atoms with van der Waals surface area (Å²) in [4.78, 5) is 4.09. The topological polar surface area (TPSA) is 67.6 Å². The summed E-state index contributed by atoms with van der Waals surface area (Å²) >= 11 is 0. The summed E-state index contributed by atoms with van der Waals surface area (Å²) in [6, 6.07) is 6.94. The van der Waals surface area contributed by atoms with Gasteiger partial charge in [0.2, 0.25) is 10.0 Å². The van der Waals surface area contributed by atoms with Gasteiger partial charge in [0.25, 0.3) is 0 Å². The van der Waals surface area contributed by atoms with Gasteiger partial charge in [-0.3, -0.25) is 0 Å². The Kier molecular flexibility index (Phi) is 5.05. The van der Waals surface area contributed by atoms with Crippen LogP contribution in [0.25, 0.3) is 5.65 Å². The monoisotopic (exact) mass is 442 g/mol. The standard InChI is InChI=1S/C19H18F4N4O2S/c1-12-9-17(19(21,22)23)27-18(24-12)10-16(25-27)13-3-2-8-26(11-13)30(28,29)15-6-4-14(20)5-7-15/h4-7,9-10,13H,2-3,8,11H2,1H3/t13-/m1/s1. The molecule has 11 heteroatoms. The Morgan fingerprint density at radius 1 is 1.13 bits per heavy atom. The van der Waals surface area contributed by atoms with E-state index in [1.54, 1.807) is 0 Å². The number of nitrogens with zero attached hydrogens (tertiary/aromatic N) is 4. The van der Waals surface area contributed by atoms with Gasteiger partial charge in [0.05, 0.1) is 10.6 Å². The van der Waals surface area contributed by atoms with Crippen molar-refractivity contribution in [3.8, 4) is 0 Å². The van der Waals surface area contributed by atoms with E-state index in [2.05, 4.69) is 10.1 Å². The molecule has 3 heterocycles. The fourth-order valence-corrected chi connectivity index (χ4v) is 5.20. The smallest absolute Gasteiger partial charge is 0.234 e. The highest BCUT2D eigenvalue weighted by atomic mass is 32.2. The van der Waals surface area contributed by atoms with Gasteiger partial charge >= 0.3 is 6.18 Å². The Labute approximate surface area is 170 Å². The van der Waals surface area contributed by atoms with E-state index in [9.17, 15) is 26.0 Å². The van der Waals surface area contributed by atoms with Crippen molar-refractivity contribution >= 4 is 15.7 Å². The molecule has 1 aromatic carbocycles. The van der Waals surface area contributed by atoms with Crippen LogP contribution in [0.4, 0.5) is 17.6 Å². The van der Waals surface area contributed by atoms with E-state index in [1.807, 2.05) is 0 Å². The largest absolute Gasteiger partial charge is 0.433 e. The molecule has 0 radical (unpaired) electrons. The van der Waals surface area contributed by atoms with Gasteiger partial charge in [0.15, 0.2) is 5.65 Å². The van der Waals surface area contributed by atoms with Crippen molar-refractivity contribution in [1.82, 2.24) is 18.9 Å². The maximum absolute atomic E-state index is 13.4. The molecule has 6 nitrogen and oxygen atoms in total. The second-order valence-electron chi connectivity index (χ2n) is 7.28. The normalized spacial score (nSPS) is 18.8. The molecule has 160 valence electrons. The second kappa shape index (κ2) is 7.31. The molecule has 1 atom stereocenters. The molecule has 0 saturated carbocycles. The summed E-state index contributed by atoms with van der Waals surface area (Å²) < 4.78 is 81.1. The van der Waals surface area contributed by atoms with E-state index < -0.39 is 27.7 Å². The lowest BCUT2D eigenvalue weighted by Gasteiger charge is -2.31. The lowest BCUT2D eigenvalue weighted by molar-refractivity contribution is -0.142. The van der Waals surface area contributed by atoms with Crippen molar-refractivity contribution in [2.24, 2.45) is 0 Å². The summed E-state index contributed by atoms with van der Waals surface area (Å²) in [5.74, 6) is -0.921. The quantitative estimate of drug-likeness (QED) is 0.580. The Hall–Kier alpha value is -2.53. The minimum absolute atomic E-state index is 0.0313. The molecule has 2 aromatic heterocycles. The van der Waals surface area contributed by atoms with Crippen LogP contribution in [0.5, 0.6) is 0 Å². The highest BCUT2D eigenvalue weighted by Gasteiger charge is 2.36. The zero-order chi connectivity index (χ0) is 21.7. The van der Waals surface area contributed by atoms with Gasteiger partial charge in [-0.15, -0.1) is 0 Å². The van der Waals surface area contributed by atoms with Gasteiger partial charge < -0.3 is 0 Å². The Balaban J connectivity index is 1.67. The van der Waals surface area contributed by atoms with Crippen LogP contribution < -0.4 is 0 Å². The van der Waals surface area contributed by atoms with Crippen LogP contribution in [0.2, 0.25) is 0 Å². The van der Waals surface area contributed by atoms with E-state index in [4.69, 9.17) is 0 Å². The number of sulfonamides is 1. The molecule has 30 heavy (non-hydrogen) atoms. The van der Waals surface area contributed by atoms with E-state index in [0.29, 0.717) is 18.5 Å². The van der Waals surface area contributed by atoms with Crippen molar-refractivity contribution < 1.29 is 26.0 Å². The van der Waals surface area contributed by atoms with E-state index in [0.717, 1.165) is 22.7 Å². The summed E-state index contributed by atoms with van der Waals surface area (Å²) in [5.41, 5.74) is -0.290. The minimum Gasteiger partial charge on any atom is -0.234 e. The molecule has 1 fully saturated rings. The number of hydrogen-bond acceptors (Lipinski definition) is 4. The van der Waals surface area contributed by atoms with Crippen molar-refractivity contribution in [1.29, 1.82) is 0 Å². The molecule has 1 aliphatic heterocycles. The van der Waals surface area contributed by atoms with Crippen molar-refractivity contribution in [2.75, 3.05) is 13.1 Å². The Bertz CT molecular complexity index is 1190. The molecule has 0 N–H and O–H groups in total. The van der Waals surface area contributed by atoms with Crippen LogP contribution in [0.1, 0.15) is 35.8 Å². The number of rotatable bonds is 3. The number of fused-ring (bicyclic) bond motifs is 1. The third kappa shape index (κ3) is 3.79. The zero-order valence-corrected chi connectivity index (χ0v) is 16.7. The molecule has 0 spiro atoms. The highest BCUT2D eigenvalue weighted by molar-refractivity contribution is 7.89. The van der Waals surface area contributed by atoms with Crippen molar-refractivity contribution in [2.45, 2.75) is 36.8 Å². The molecule has 0 unspecified atom stereocenters. The lowest BCUT2D eigenvalue weighted by Crippen LogP contribution is -2.39. The molecule has 3 aromatic rings. The predicted molar refractivity (Wildman–Crippen MR) is 99.9 cm³/mol. The Morgan fingerprint density at radius 2 is 1.83 bits per heavy atom. The zero-order valence-electron chi connectivity index (χ0n) is 15.9. The molecular weight excluding hydrogens is 424 g/mol. The van der Waals surface area contributed by atoms with Gasteiger partial charge in [0.1, 0.15) is 11.5 Å². The molecule has 4 rings (SSSR count). The highest BCUT2D eigenvalue weighted by Crippen LogP contribution is 2.33. The number of aryl methyl sites for hydroxylation is 1. The van der Waals surface area contributed by atoms with Gasteiger partial charge in [-0.25, -0.2) is 22.3 Å². The van der Waals surface area contributed by atoms with E-state index in [-0.39, 0.29) is 35.2 Å². The third-order valence-corrected chi connectivity index (χ3v) is 7.00. The van der Waals surface area contributed by atoms with Crippen LogP contribution in [0.3, 0.4) is 0 Å². The van der Waals surface area contributed by atoms with Gasteiger partial charge in [-0.2, -0.15) is 22.6 Å². The SMILES string of the molecule is Cc1cc(C(F)(F)F)n2nc([C@@H]3CCCN(S(=O)(=O)c4ccc(F)cc4)C3)cc2n1. The fraction of sp³-hybridized carbons (Fsp3) is 0.368. The number of alkyl halides is 3. The summed E-state index contributed by atoms with van der Waals surface area (Å²) in [6.45, 7) is 1.82. The van der Waals surface area contributed by atoms with Gasteiger partial charge in [-0.1, -0.05) is 0 Å². The number of hydrogen-bond donors (Lipinski definition) is 0. The maximum Gasteiger partial charge on any atom is 0.433 e. The maximum atomic E-state index is 13.4. The van der Waals surface area contributed by atoms with Crippen LogP contribution >= 0.6 is 0 Å². The van der Waals surface area contributed by atoms with Crippen LogP contribution in [-0.2, 0) is 16.2 Å². The van der Waals surface area contributed by atoms with Gasteiger partial charge in [-0.05, 0) is 50.1 Å². The Morgan fingerprint density at radius 3 is 2.50 bits per heavy atom. The molecule has 0 aliphatic carbocycles. The molecular formula is C19H18F4N4O2S. The van der Waals surface area contributed by atoms with Crippen LogP contribution in [0, 0.1) is 12.7 Å². The summed E-state index contributed by atoms with van der Waals surface area (Å²) in [5, 5.41) is 4.11. The first kappa shape index (κ1) is 20.7. The first-order valence-corrected chi connectivity index (χ1v) is 10.7. The van der Waals surface area contributed by atoms with Gasteiger partial charge in [0, 0.05) is 30.8 Å². The lowest BCUT2D eigenvalue weighted by atomic mass is 9.96. The first-order valence-electron chi connectivity index (χ1n) is 9.26. The molecule has 1 aliphatic rings. The number of halogens is 4. The second-order valence-corrected chi connectivity index (χ2v) is 9.21. The predicted octanol–water partition coefficient (Wildman–Crippen LogP) is 3.76. The molecule has 0 bridgehead atoms. The van der Waals surface area contributed by atoms with Crippen LogP contribution in [0.15, 0.2) is 41.3 Å². The van der Waals surface area contributed by atoms with Crippen LogP contribution in [-0.4, -0.2) is 40.4 Å². The average Bonchev–Trinajstić information content (AvgIpc) is 3.11. The number of piperidine rings is 1. The van der Waals surface area contributed by atoms with Crippen molar-refractivity contribution in [3.05, 3.63) is 59.3 Å². The van der Waals surface area contributed by atoms with E-state index >= 15 is 0 Å².